The molecule has 1 atom stereocenters. The third kappa shape index (κ3) is 4.60. The minimum absolute atomic E-state index is 0.163. The number of amides is 1. The molecule has 1 aromatic carbocycles. The van der Waals surface area contributed by atoms with Crippen molar-refractivity contribution in [3.63, 3.8) is 0 Å². The highest BCUT2D eigenvalue weighted by molar-refractivity contribution is 5.96. The minimum Gasteiger partial charge on any atom is -0.495 e. The maximum atomic E-state index is 12.6. The summed E-state index contributed by atoms with van der Waals surface area (Å²) in [6, 6.07) is 10.8. The van der Waals surface area contributed by atoms with Gasteiger partial charge >= 0.3 is 5.97 Å². The number of carbonyl (C=O) groups excluding carboxylic acids is 2. The molecule has 1 fully saturated rings. The molecule has 1 amide bonds. The first-order valence-corrected chi connectivity index (χ1v) is 9.42. The van der Waals surface area contributed by atoms with E-state index < -0.39 is 5.97 Å². The van der Waals surface area contributed by atoms with Gasteiger partial charge in [0.15, 0.2) is 6.61 Å². The molecule has 0 radical (unpaired) electrons. The van der Waals surface area contributed by atoms with E-state index in [0.29, 0.717) is 23.8 Å². The SMILES string of the molecule is COc1ccccc1Nc1ncccc1C(=O)OCC(=O)N1CCCCC1C. The minimum atomic E-state index is -0.594. The van der Waals surface area contributed by atoms with Gasteiger partial charge in [0.25, 0.3) is 5.91 Å². The van der Waals surface area contributed by atoms with E-state index in [1.165, 1.54) is 0 Å². The molecule has 1 aromatic heterocycles. The normalized spacial score (nSPS) is 16.4. The molecule has 7 nitrogen and oxygen atoms in total. The number of hydrogen-bond donors (Lipinski definition) is 1. The van der Waals surface area contributed by atoms with Crippen LogP contribution in [-0.2, 0) is 9.53 Å². The van der Waals surface area contributed by atoms with E-state index in [1.807, 2.05) is 31.2 Å². The summed E-state index contributed by atoms with van der Waals surface area (Å²) < 4.78 is 10.6. The number of pyridine rings is 1. The van der Waals surface area contributed by atoms with Crippen LogP contribution >= 0.6 is 0 Å². The summed E-state index contributed by atoms with van der Waals surface area (Å²) >= 11 is 0. The first-order chi connectivity index (χ1) is 13.6. The molecule has 0 saturated carbocycles. The molecule has 0 spiro atoms. The fourth-order valence-corrected chi connectivity index (χ4v) is 3.30. The van der Waals surface area contributed by atoms with Crippen molar-refractivity contribution < 1.29 is 19.1 Å². The fourth-order valence-electron chi connectivity index (χ4n) is 3.30. The number of nitrogens with one attached hydrogen (secondary N) is 1. The van der Waals surface area contributed by atoms with Gasteiger partial charge in [-0.2, -0.15) is 0 Å². The van der Waals surface area contributed by atoms with E-state index in [1.54, 1.807) is 30.3 Å². The lowest BCUT2D eigenvalue weighted by atomic mass is 10.0. The predicted octanol–water partition coefficient (Wildman–Crippen LogP) is 3.39. The molecule has 3 rings (SSSR count). The second-order valence-corrected chi connectivity index (χ2v) is 6.73. The third-order valence-corrected chi connectivity index (χ3v) is 4.84. The number of aromatic nitrogens is 1. The van der Waals surface area contributed by atoms with Crippen LogP contribution in [0, 0.1) is 0 Å². The number of para-hydroxylation sites is 2. The number of anilines is 2. The highest BCUT2D eigenvalue weighted by Crippen LogP contribution is 2.27. The van der Waals surface area contributed by atoms with Gasteiger partial charge in [0.1, 0.15) is 17.1 Å². The summed E-state index contributed by atoms with van der Waals surface area (Å²) in [4.78, 5) is 31.0. The van der Waals surface area contributed by atoms with Gasteiger partial charge in [0.2, 0.25) is 0 Å². The van der Waals surface area contributed by atoms with Crippen LogP contribution in [0.1, 0.15) is 36.5 Å². The zero-order chi connectivity index (χ0) is 19.9. The van der Waals surface area contributed by atoms with Crippen molar-refractivity contribution in [3.8, 4) is 5.75 Å². The maximum absolute atomic E-state index is 12.6. The first-order valence-electron chi connectivity index (χ1n) is 9.42. The van der Waals surface area contributed by atoms with Gasteiger partial charge in [-0.25, -0.2) is 9.78 Å². The van der Waals surface area contributed by atoms with Gasteiger partial charge in [0.05, 0.1) is 12.8 Å². The molecule has 7 heteroatoms. The number of ether oxygens (including phenoxy) is 2. The molecule has 1 N–H and O–H groups in total. The lowest BCUT2D eigenvalue weighted by molar-refractivity contribution is -0.137. The smallest absolute Gasteiger partial charge is 0.342 e. The summed E-state index contributed by atoms with van der Waals surface area (Å²) in [5.41, 5.74) is 0.934. The van der Waals surface area contributed by atoms with Crippen LogP contribution < -0.4 is 10.1 Å². The Bertz CT molecular complexity index is 840. The van der Waals surface area contributed by atoms with Crippen LogP contribution in [0.4, 0.5) is 11.5 Å². The first kappa shape index (κ1) is 19.7. The average Bonchev–Trinajstić information content (AvgIpc) is 2.73. The second-order valence-electron chi connectivity index (χ2n) is 6.73. The highest BCUT2D eigenvalue weighted by atomic mass is 16.5. The van der Waals surface area contributed by atoms with Crippen LogP contribution in [-0.4, -0.2) is 48.1 Å². The van der Waals surface area contributed by atoms with Crippen molar-refractivity contribution in [3.05, 3.63) is 48.2 Å². The quantitative estimate of drug-likeness (QED) is 0.770. The van der Waals surface area contributed by atoms with Crippen molar-refractivity contribution >= 4 is 23.4 Å². The van der Waals surface area contributed by atoms with Crippen LogP contribution in [0.15, 0.2) is 42.6 Å². The predicted molar refractivity (Wildman–Crippen MR) is 106 cm³/mol. The van der Waals surface area contributed by atoms with Gasteiger partial charge in [0, 0.05) is 18.8 Å². The Balaban J connectivity index is 1.68. The van der Waals surface area contributed by atoms with Crippen molar-refractivity contribution in [2.24, 2.45) is 0 Å². The van der Waals surface area contributed by atoms with Crippen LogP contribution in [0.2, 0.25) is 0 Å². The molecule has 2 aromatic rings. The topological polar surface area (TPSA) is 80.8 Å². The second kappa shape index (κ2) is 9.21. The van der Waals surface area contributed by atoms with Crippen LogP contribution in [0.3, 0.4) is 0 Å². The van der Waals surface area contributed by atoms with E-state index in [0.717, 1.165) is 19.3 Å². The van der Waals surface area contributed by atoms with E-state index in [-0.39, 0.29) is 24.1 Å². The zero-order valence-corrected chi connectivity index (χ0v) is 16.2. The maximum Gasteiger partial charge on any atom is 0.342 e. The molecule has 0 aliphatic carbocycles. The Morgan fingerprint density at radius 3 is 2.82 bits per heavy atom. The Labute approximate surface area is 164 Å². The molecule has 1 unspecified atom stereocenters. The van der Waals surface area contributed by atoms with E-state index >= 15 is 0 Å². The number of methoxy groups -OCH3 is 1. The Morgan fingerprint density at radius 2 is 2.04 bits per heavy atom. The number of likely N-dealkylation sites (tertiary alicyclic amines) is 1. The molecule has 28 heavy (non-hydrogen) atoms. The lowest BCUT2D eigenvalue weighted by Crippen LogP contribution is -2.44. The molecule has 1 aliphatic heterocycles. The number of benzene rings is 1. The molecule has 0 bridgehead atoms. The third-order valence-electron chi connectivity index (χ3n) is 4.84. The highest BCUT2D eigenvalue weighted by Gasteiger charge is 2.24. The summed E-state index contributed by atoms with van der Waals surface area (Å²) in [7, 11) is 1.57. The zero-order valence-electron chi connectivity index (χ0n) is 16.2. The summed E-state index contributed by atoms with van der Waals surface area (Å²) in [5, 5.41) is 3.10. The number of hydrogen-bond acceptors (Lipinski definition) is 6. The number of rotatable bonds is 6. The van der Waals surface area contributed by atoms with Crippen LogP contribution in [0.25, 0.3) is 0 Å². The number of esters is 1. The van der Waals surface area contributed by atoms with Crippen molar-refractivity contribution in [2.75, 3.05) is 25.6 Å². The Morgan fingerprint density at radius 1 is 1.21 bits per heavy atom. The van der Waals surface area contributed by atoms with Gasteiger partial charge in [-0.05, 0) is 50.5 Å². The number of piperidine rings is 1. The monoisotopic (exact) mass is 383 g/mol. The van der Waals surface area contributed by atoms with E-state index in [4.69, 9.17) is 9.47 Å². The number of nitrogens with zero attached hydrogens (tertiary/aromatic N) is 2. The molecule has 2 heterocycles. The van der Waals surface area contributed by atoms with Gasteiger partial charge in [-0.3, -0.25) is 4.79 Å². The Kier molecular flexibility index (Phi) is 6.47. The summed E-state index contributed by atoms with van der Waals surface area (Å²) in [5.74, 6) is 0.213. The van der Waals surface area contributed by atoms with E-state index in [2.05, 4.69) is 10.3 Å². The molecule has 1 aliphatic rings. The summed E-state index contributed by atoms with van der Waals surface area (Å²) in [6.07, 6.45) is 4.67. The van der Waals surface area contributed by atoms with Crippen molar-refractivity contribution in [1.29, 1.82) is 0 Å². The number of carbonyl (C=O) groups is 2. The standard InChI is InChI=1S/C21H25N3O4/c1-15-8-5-6-13-24(15)19(25)14-28-21(26)16-9-7-12-22-20(16)23-17-10-3-4-11-18(17)27-2/h3-4,7,9-12,15H,5-6,8,13-14H2,1-2H3,(H,22,23). The van der Waals surface area contributed by atoms with Gasteiger partial charge in [-0.1, -0.05) is 12.1 Å². The lowest BCUT2D eigenvalue weighted by Gasteiger charge is -2.33. The van der Waals surface area contributed by atoms with Gasteiger partial charge < -0.3 is 19.7 Å². The van der Waals surface area contributed by atoms with Gasteiger partial charge in [-0.15, -0.1) is 0 Å². The molecule has 148 valence electrons. The fraction of sp³-hybridized carbons (Fsp3) is 0.381. The Hall–Kier alpha value is -3.09. The molecular weight excluding hydrogens is 358 g/mol. The largest absolute Gasteiger partial charge is 0.495 e. The van der Waals surface area contributed by atoms with Crippen molar-refractivity contribution in [1.82, 2.24) is 9.88 Å². The summed E-state index contributed by atoms with van der Waals surface area (Å²) in [6.45, 7) is 2.46. The molecular formula is C21H25N3O4. The van der Waals surface area contributed by atoms with E-state index in [9.17, 15) is 9.59 Å². The van der Waals surface area contributed by atoms with Crippen LogP contribution in [0.5, 0.6) is 5.75 Å². The average molecular weight is 383 g/mol. The molecule has 1 saturated heterocycles. The van der Waals surface area contributed by atoms with Crippen molar-refractivity contribution in [2.45, 2.75) is 32.2 Å².